The van der Waals surface area contributed by atoms with Crippen LogP contribution in [-0.2, 0) is 14.2 Å². The summed E-state index contributed by atoms with van der Waals surface area (Å²) in [7, 11) is 0. The summed E-state index contributed by atoms with van der Waals surface area (Å²) in [6, 6.07) is 0. The number of aryl methyl sites for hydroxylation is 1. The largest absolute Gasteiger partial charge is 0.394 e. The van der Waals surface area contributed by atoms with Crippen LogP contribution in [0.1, 0.15) is 25.2 Å². The highest BCUT2D eigenvalue weighted by Gasteiger charge is 2.55. The maximum atomic E-state index is 9.47. The Hall–Kier alpha value is -0.990. The van der Waals surface area contributed by atoms with E-state index in [0.29, 0.717) is 16.8 Å². The predicted octanol–water partition coefficient (Wildman–Crippen LogP) is 1.40. The number of nitrogens with zero attached hydrogens (tertiary/aromatic N) is 2. The molecular formula is C14H20ClN3O4. The van der Waals surface area contributed by atoms with Gasteiger partial charge in [-0.3, -0.25) is 0 Å². The Bertz CT molecular complexity index is 583. The van der Waals surface area contributed by atoms with Gasteiger partial charge < -0.3 is 24.6 Å². The van der Waals surface area contributed by atoms with Crippen LogP contribution in [0.25, 0.3) is 0 Å². The summed E-state index contributed by atoms with van der Waals surface area (Å²) < 4.78 is 17.5. The molecule has 8 heteroatoms. The van der Waals surface area contributed by atoms with Crippen LogP contribution in [0.3, 0.4) is 0 Å². The van der Waals surface area contributed by atoms with Gasteiger partial charge in [0.1, 0.15) is 35.1 Å². The van der Waals surface area contributed by atoms with Gasteiger partial charge in [-0.05, 0) is 27.7 Å². The van der Waals surface area contributed by atoms with Crippen molar-refractivity contribution in [3.05, 3.63) is 16.5 Å². The second-order valence-corrected chi connectivity index (χ2v) is 6.38. The Morgan fingerprint density at radius 3 is 2.59 bits per heavy atom. The second kappa shape index (κ2) is 5.58. The molecule has 2 aliphatic heterocycles. The smallest absolute Gasteiger partial charge is 0.164 e. The average Bonchev–Trinajstić information content (AvgIpc) is 2.89. The number of aliphatic hydroxyl groups is 1. The van der Waals surface area contributed by atoms with Gasteiger partial charge in [0.25, 0.3) is 0 Å². The van der Waals surface area contributed by atoms with Crippen LogP contribution in [0.5, 0.6) is 0 Å². The van der Waals surface area contributed by atoms with E-state index < -0.39 is 18.1 Å². The van der Waals surface area contributed by atoms with E-state index in [0.717, 1.165) is 5.56 Å². The molecular weight excluding hydrogens is 310 g/mol. The van der Waals surface area contributed by atoms with E-state index >= 15 is 0 Å². The van der Waals surface area contributed by atoms with E-state index in [1.165, 1.54) is 0 Å². The number of anilines is 1. The summed E-state index contributed by atoms with van der Waals surface area (Å²) in [5, 5.41) is 13.1. The molecule has 3 rings (SSSR count). The van der Waals surface area contributed by atoms with Crippen molar-refractivity contribution in [3.63, 3.8) is 0 Å². The standard InChI is InChI=1S/C14H20ClN3O4/c1-6-11(15)16-7(2)17-12(6)18-13-10-9(8(5-19)20-13)21-14(3,4)22-10/h8-10,13,19H,5H2,1-4H3,(H,16,17,18)/t8-,9-,10-,13-/m1/s1. The summed E-state index contributed by atoms with van der Waals surface area (Å²) >= 11 is 6.09. The Morgan fingerprint density at radius 1 is 1.23 bits per heavy atom. The summed E-state index contributed by atoms with van der Waals surface area (Å²) in [4.78, 5) is 8.46. The number of fused-ring (bicyclic) bond motifs is 1. The van der Waals surface area contributed by atoms with Crippen molar-refractivity contribution in [2.75, 3.05) is 11.9 Å². The zero-order valence-electron chi connectivity index (χ0n) is 13.0. The number of halogens is 1. The second-order valence-electron chi connectivity index (χ2n) is 6.02. The average molecular weight is 330 g/mol. The molecule has 2 N–H and O–H groups in total. The number of rotatable bonds is 3. The molecule has 2 fully saturated rings. The molecule has 0 amide bonds. The third-order valence-corrected chi connectivity index (χ3v) is 4.17. The molecule has 22 heavy (non-hydrogen) atoms. The van der Waals surface area contributed by atoms with Crippen LogP contribution in [-0.4, -0.2) is 52.0 Å². The van der Waals surface area contributed by atoms with Crippen LogP contribution >= 0.6 is 11.6 Å². The molecule has 0 aromatic carbocycles. The fourth-order valence-corrected chi connectivity index (χ4v) is 3.03. The first-order chi connectivity index (χ1) is 10.3. The van der Waals surface area contributed by atoms with Gasteiger partial charge in [0.15, 0.2) is 12.0 Å². The van der Waals surface area contributed by atoms with Gasteiger partial charge in [0.05, 0.1) is 6.61 Å². The van der Waals surface area contributed by atoms with Crippen molar-refractivity contribution < 1.29 is 19.3 Å². The zero-order chi connectivity index (χ0) is 16.1. The highest BCUT2D eigenvalue weighted by Crippen LogP contribution is 2.39. The van der Waals surface area contributed by atoms with Gasteiger partial charge in [-0.1, -0.05) is 11.6 Å². The quantitative estimate of drug-likeness (QED) is 0.810. The van der Waals surface area contributed by atoms with Crippen molar-refractivity contribution >= 4 is 17.4 Å². The van der Waals surface area contributed by atoms with Crippen molar-refractivity contribution in [1.29, 1.82) is 0 Å². The molecule has 0 radical (unpaired) electrons. The van der Waals surface area contributed by atoms with Crippen molar-refractivity contribution in [2.45, 2.75) is 58.0 Å². The van der Waals surface area contributed by atoms with Gasteiger partial charge >= 0.3 is 0 Å². The Labute approximate surface area is 133 Å². The first-order valence-corrected chi connectivity index (χ1v) is 7.58. The van der Waals surface area contributed by atoms with Crippen LogP contribution in [0.15, 0.2) is 0 Å². The molecule has 2 saturated heterocycles. The minimum Gasteiger partial charge on any atom is -0.394 e. The lowest BCUT2D eigenvalue weighted by molar-refractivity contribution is -0.187. The van der Waals surface area contributed by atoms with Gasteiger partial charge in [-0.2, -0.15) is 0 Å². The minimum atomic E-state index is -0.708. The number of ether oxygens (including phenoxy) is 3. The lowest BCUT2D eigenvalue weighted by Gasteiger charge is -2.24. The summed E-state index contributed by atoms with van der Waals surface area (Å²) in [5.41, 5.74) is 0.734. The summed E-state index contributed by atoms with van der Waals surface area (Å²) in [5.74, 6) is 0.448. The van der Waals surface area contributed by atoms with Gasteiger partial charge in [0.2, 0.25) is 0 Å². The first-order valence-electron chi connectivity index (χ1n) is 7.20. The number of nitrogens with one attached hydrogen (secondary N) is 1. The van der Waals surface area contributed by atoms with E-state index in [1.807, 2.05) is 20.8 Å². The van der Waals surface area contributed by atoms with Gasteiger partial charge in [-0.25, -0.2) is 9.97 Å². The van der Waals surface area contributed by atoms with Crippen molar-refractivity contribution in [2.24, 2.45) is 0 Å². The molecule has 0 unspecified atom stereocenters. The molecule has 0 bridgehead atoms. The van der Waals surface area contributed by atoms with Crippen molar-refractivity contribution in [1.82, 2.24) is 9.97 Å². The van der Waals surface area contributed by atoms with E-state index in [9.17, 15) is 5.11 Å². The van der Waals surface area contributed by atoms with Crippen LogP contribution in [0.2, 0.25) is 5.15 Å². The highest BCUT2D eigenvalue weighted by atomic mass is 35.5. The predicted molar refractivity (Wildman–Crippen MR) is 79.7 cm³/mol. The molecule has 1 aromatic rings. The van der Waals surface area contributed by atoms with Gasteiger partial charge in [-0.15, -0.1) is 0 Å². The molecule has 3 heterocycles. The number of aliphatic hydroxyl groups excluding tert-OH is 1. The van der Waals surface area contributed by atoms with E-state index in [4.69, 9.17) is 25.8 Å². The minimum absolute atomic E-state index is 0.138. The molecule has 7 nitrogen and oxygen atoms in total. The Morgan fingerprint density at radius 2 is 1.91 bits per heavy atom. The lowest BCUT2D eigenvalue weighted by Crippen LogP contribution is -2.35. The highest BCUT2D eigenvalue weighted by molar-refractivity contribution is 6.30. The molecule has 0 aliphatic carbocycles. The molecule has 2 aliphatic rings. The Kier molecular flexibility index (Phi) is 4.03. The summed E-state index contributed by atoms with van der Waals surface area (Å²) in [6.45, 7) is 7.14. The molecule has 0 spiro atoms. The van der Waals surface area contributed by atoms with Gasteiger partial charge in [0, 0.05) is 5.56 Å². The van der Waals surface area contributed by atoms with Crippen molar-refractivity contribution in [3.8, 4) is 0 Å². The molecule has 122 valence electrons. The van der Waals surface area contributed by atoms with Crippen LogP contribution in [0.4, 0.5) is 5.82 Å². The zero-order valence-corrected chi connectivity index (χ0v) is 13.7. The fraction of sp³-hybridized carbons (Fsp3) is 0.714. The number of hydrogen-bond acceptors (Lipinski definition) is 7. The third-order valence-electron chi connectivity index (χ3n) is 3.81. The first kappa shape index (κ1) is 15.9. The number of hydrogen-bond donors (Lipinski definition) is 2. The fourth-order valence-electron chi connectivity index (χ4n) is 2.81. The maximum absolute atomic E-state index is 9.47. The van der Waals surface area contributed by atoms with E-state index in [-0.39, 0.29) is 18.8 Å². The van der Waals surface area contributed by atoms with E-state index in [2.05, 4.69) is 15.3 Å². The molecule has 0 saturated carbocycles. The third kappa shape index (κ3) is 2.79. The summed E-state index contributed by atoms with van der Waals surface area (Å²) in [6.07, 6.45) is -1.58. The van der Waals surface area contributed by atoms with E-state index in [1.54, 1.807) is 6.92 Å². The molecule has 1 aromatic heterocycles. The molecule has 4 atom stereocenters. The van der Waals surface area contributed by atoms with Crippen LogP contribution < -0.4 is 5.32 Å². The maximum Gasteiger partial charge on any atom is 0.164 e. The number of aromatic nitrogens is 2. The normalized spacial score (nSPS) is 33.0. The van der Waals surface area contributed by atoms with Crippen LogP contribution in [0, 0.1) is 13.8 Å². The SMILES string of the molecule is Cc1nc(Cl)c(C)c(N[C@@H]2O[C@H](CO)[C@H]3OC(C)(C)O[C@H]32)n1. The lowest BCUT2D eigenvalue weighted by atomic mass is 10.1. The monoisotopic (exact) mass is 329 g/mol. The topological polar surface area (TPSA) is 85.7 Å². The Balaban J connectivity index is 1.84.